The van der Waals surface area contributed by atoms with Crippen LogP contribution in [0.5, 0.6) is 0 Å². The zero-order valence-corrected chi connectivity index (χ0v) is 11.1. The van der Waals surface area contributed by atoms with Crippen molar-refractivity contribution in [3.63, 3.8) is 0 Å². The topological polar surface area (TPSA) is 53.6 Å². The number of aromatic nitrogens is 3. The van der Waals surface area contributed by atoms with Gasteiger partial charge in [-0.3, -0.25) is 4.98 Å². The van der Waals surface area contributed by atoms with Gasteiger partial charge in [0.15, 0.2) is 5.82 Å². The van der Waals surface area contributed by atoms with Crippen molar-refractivity contribution in [3.8, 4) is 11.5 Å². The number of nitrogens with zero attached hydrogens (tertiary/aromatic N) is 2. The third-order valence-corrected chi connectivity index (χ3v) is 3.88. The Morgan fingerprint density at radius 2 is 2.15 bits per heavy atom. The predicted molar refractivity (Wildman–Crippen MR) is 79.3 cm³/mol. The monoisotopic (exact) mass is 264 g/mol. The van der Waals surface area contributed by atoms with E-state index in [9.17, 15) is 0 Å². The number of pyridine rings is 1. The van der Waals surface area contributed by atoms with Gasteiger partial charge < -0.3 is 10.3 Å². The Labute approximate surface area is 117 Å². The molecular formula is C16H16N4. The Morgan fingerprint density at radius 1 is 1.15 bits per heavy atom. The number of rotatable bonds is 2. The van der Waals surface area contributed by atoms with Crippen molar-refractivity contribution >= 4 is 11.0 Å². The van der Waals surface area contributed by atoms with Gasteiger partial charge in [-0.1, -0.05) is 12.1 Å². The quantitative estimate of drug-likeness (QED) is 0.748. The minimum absolute atomic E-state index is 0.487. The summed E-state index contributed by atoms with van der Waals surface area (Å²) in [7, 11) is 0. The van der Waals surface area contributed by atoms with Crippen LogP contribution in [0.3, 0.4) is 0 Å². The van der Waals surface area contributed by atoms with Crippen LogP contribution in [0.2, 0.25) is 0 Å². The molecule has 2 aromatic heterocycles. The molecule has 1 atom stereocenters. The highest BCUT2D eigenvalue weighted by Crippen LogP contribution is 2.26. The fourth-order valence-electron chi connectivity index (χ4n) is 2.84. The second kappa shape index (κ2) is 4.72. The average Bonchev–Trinajstić information content (AvgIpc) is 3.16. The number of fused-ring (bicyclic) bond motifs is 1. The number of imidazole rings is 1. The number of hydrogen-bond donors (Lipinski definition) is 2. The summed E-state index contributed by atoms with van der Waals surface area (Å²) in [5.41, 5.74) is 4.29. The van der Waals surface area contributed by atoms with E-state index >= 15 is 0 Å². The second-order valence-electron chi connectivity index (χ2n) is 5.23. The molecule has 1 aliphatic rings. The van der Waals surface area contributed by atoms with Gasteiger partial charge in [0.2, 0.25) is 0 Å². The molecule has 4 nitrogen and oxygen atoms in total. The first-order chi connectivity index (χ1) is 9.90. The number of benzene rings is 1. The average molecular weight is 264 g/mol. The Kier molecular flexibility index (Phi) is 2.74. The van der Waals surface area contributed by atoms with Crippen LogP contribution >= 0.6 is 0 Å². The smallest absolute Gasteiger partial charge is 0.157 e. The van der Waals surface area contributed by atoms with Crippen molar-refractivity contribution < 1.29 is 0 Å². The maximum absolute atomic E-state index is 4.61. The number of hydrogen-bond acceptors (Lipinski definition) is 3. The van der Waals surface area contributed by atoms with Crippen LogP contribution in [0.4, 0.5) is 0 Å². The Hall–Kier alpha value is -2.20. The Morgan fingerprint density at radius 3 is 2.95 bits per heavy atom. The summed E-state index contributed by atoms with van der Waals surface area (Å²) >= 11 is 0. The summed E-state index contributed by atoms with van der Waals surface area (Å²) in [6.45, 7) is 1.12. The molecule has 0 saturated carbocycles. The molecule has 0 radical (unpaired) electrons. The molecule has 20 heavy (non-hydrogen) atoms. The molecule has 3 aromatic rings. The van der Waals surface area contributed by atoms with Crippen LogP contribution in [0.15, 0.2) is 42.6 Å². The maximum Gasteiger partial charge on any atom is 0.157 e. The number of aromatic amines is 1. The molecule has 100 valence electrons. The molecule has 1 aliphatic heterocycles. The highest BCUT2D eigenvalue weighted by molar-refractivity contribution is 5.79. The molecule has 1 aromatic carbocycles. The van der Waals surface area contributed by atoms with Gasteiger partial charge in [0.1, 0.15) is 5.69 Å². The van der Waals surface area contributed by atoms with E-state index in [0.29, 0.717) is 6.04 Å². The van der Waals surface area contributed by atoms with Crippen LogP contribution in [-0.4, -0.2) is 21.5 Å². The fourth-order valence-corrected chi connectivity index (χ4v) is 2.84. The van der Waals surface area contributed by atoms with E-state index in [1.54, 1.807) is 6.20 Å². The van der Waals surface area contributed by atoms with Crippen molar-refractivity contribution in [2.75, 3.05) is 6.54 Å². The van der Waals surface area contributed by atoms with Crippen molar-refractivity contribution in [2.45, 2.75) is 18.9 Å². The van der Waals surface area contributed by atoms with Crippen LogP contribution in [0.25, 0.3) is 22.6 Å². The number of nitrogens with one attached hydrogen (secondary N) is 2. The third-order valence-electron chi connectivity index (χ3n) is 3.88. The van der Waals surface area contributed by atoms with Gasteiger partial charge in [-0.25, -0.2) is 4.98 Å². The van der Waals surface area contributed by atoms with E-state index in [-0.39, 0.29) is 0 Å². The van der Waals surface area contributed by atoms with Crippen LogP contribution in [0.1, 0.15) is 24.4 Å². The van der Waals surface area contributed by atoms with Crippen molar-refractivity contribution in [2.24, 2.45) is 0 Å². The van der Waals surface area contributed by atoms with E-state index < -0.39 is 0 Å². The minimum Gasteiger partial charge on any atom is -0.337 e. The molecule has 1 saturated heterocycles. The van der Waals surface area contributed by atoms with Crippen molar-refractivity contribution in [1.82, 2.24) is 20.3 Å². The molecule has 0 bridgehead atoms. The molecule has 4 heteroatoms. The lowest BCUT2D eigenvalue weighted by atomic mass is 10.1. The molecule has 2 N–H and O–H groups in total. The first kappa shape index (κ1) is 11.6. The minimum atomic E-state index is 0.487. The lowest BCUT2D eigenvalue weighted by Gasteiger charge is -2.09. The fraction of sp³-hybridized carbons (Fsp3) is 0.250. The maximum atomic E-state index is 4.61. The molecule has 0 spiro atoms. The van der Waals surface area contributed by atoms with Gasteiger partial charge in [-0.2, -0.15) is 0 Å². The van der Waals surface area contributed by atoms with Gasteiger partial charge in [-0.15, -0.1) is 0 Å². The number of H-pyrrole nitrogens is 1. The lowest BCUT2D eigenvalue weighted by molar-refractivity contribution is 0.648. The summed E-state index contributed by atoms with van der Waals surface area (Å²) in [5.74, 6) is 0.831. The molecule has 0 aliphatic carbocycles. The summed E-state index contributed by atoms with van der Waals surface area (Å²) in [5, 5.41) is 3.53. The Balaban J connectivity index is 1.76. The highest BCUT2D eigenvalue weighted by Gasteiger charge is 2.17. The van der Waals surface area contributed by atoms with Gasteiger partial charge >= 0.3 is 0 Å². The van der Waals surface area contributed by atoms with E-state index in [0.717, 1.165) is 29.1 Å². The Bertz CT molecular complexity index is 727. The lowest BCUT2D eigenvalue weighted by Crippen LogP contribution is -2.12. The SMILES string of the molecule is c1ccc(-c2nc3ccc(C4CCCN4)cc3[nH]2)nc1. The second-order valence-corrected chi connectivity index (χ2v) is 5.23. The van der Waals surface area contributed by atoms with Crippen molar-refractivity contribution in [3.05, 3.63) is 48.2 Å². The standard InChI is InChI=1S/C16H16N4/c1-2-8-18-14(4-1)16-19-13-7-6-11(10-15(13)20-16)12-5-3-9-17-12/h1-2,4,6-8,10,12,17H,3,5,9H2,(H,19,20). The van der Waals surface area contributed by atoms with Gasteiger partial charge in [0.25, 0.3) is 0 Å². The summed E-state index contributed by atoms with van der Waals surface area (Å²) < 4.78 is 0. The van der Waals surface area contributed by atoms with Crippen molar-refractivity contribution in [1.29, 1.82) is 0 Å². The molecule has 1 unspecified atom stereocenters. The normalized spacial score (nSPS) is 18.7. The molecule has 4 rings (SSSR count). The van der Waals surface area contributed by atoms with Crippen LogP contribution in [-0.2, 0) is 0 Å². The molecular weight excluding hydrogens is 248 g/mol. The van der Waals surface area contributed by atoms with E-state index in [4.69, 9.17) is 0 Å². The van der Waals surface area contributed by atoms with Crippen LogP contribution < -0.4 is 5.32 Å². The summed E-state index contributed by atoms with van der Waals surface area (Å²) in [6, 6.07) is 12.8. The van der Waals surface area contributed by atoms with E-state index in [2.05, 4.69) is 38.5 Å². The van der Waals surface area contributed by atoms with Gasteiger partial charge in [0.05, 0.1) is 11.0 Å². The van der Waals surface area contributed by atoms with Gasteiger partial charge in [0, 0.05) is 12.2 Å². The molecule has 3 heterocycles. The van der Waals surface area contributed by atoms with Gasteiger partial charge in [-0.05, 0) is 49.2 Å². The molecule has 0 amide bonds. The highest BCUT2D eigenvalue weighted by atomic mass is 15.0. The zero-order chi connectivity index (χ0) is 13.4. The predicted octanol–water partition coefficient (Wildman–Crippen LogP) is 3.05. The largest absolute Gasteiger partial charge is 0.337 e. The first-order valence-corrected chi connectivity index (χ1v) is 7.04. The first-order valence-electron chi connectivity index (χ1n) is 7.04. The summed E-state index contributed by atoms with van der Waals surface area (Å²) in [6.07, 6.45) is 4.26. The molecule has 1 fully saturated rings. The summed E-state index contributed by atoms with van der Waals surface area (Å²) in [4.78, 5) is 12.3. The van der Waals surface area contributed by atoms with Crippen LogP contribution in [0, 0.1) is 0 Å². The van der Waals surface area contributed by atoms with E-state index in [1.807, 2.05) is 18.2 Å². The zero-order valence-electron chi connectivity index (χ0n) is 11.1. The third kappa shape index (κ3) is 1.98. The van der Waals surface area contributed by atoms with E-state index in [1.165, 1.54) is 18.4 Å².